The van der Waals surface area contributed by atoms with E-state index in [0.29, 0.717) is 16.3 Å². The maximum absolute atomic E-state index is 13.1. The predicted octanol–water partition coefficient (Wildman–Crippen LogP) is 3.74. The average Bonchev–Trinajstić information content (AvgIpc) is 2.62. The van der Waals surface area contributed by atoms with E-state index in [2.05, 4.69) is 4.74 Å². The summed E-state index contributed by atoms with van der Waals surface area (Å²) < 4.78 is 31.9. The Balaban J connectivity index is 2.57. The van der Waals surface area contributed by atoms with Crippen LogP contribution in [0, 0.1) is 6.92 Å². The lowest BCUT2D eigenvalue weighted by molar-refractivity contribution is -0.138. The van der Waals surface area contributed by atoms with Gasteiger partial charge in [-0.2, -0.15) is 0 Å². The normalized spacial score (nSPS) is 11.2. The van der Waals surface area contributed by atoms with Gasteiger partial charge in [-0.05, 0) is 55.1 Å². The summed E-state index contributed by atoms with van der Waals surface area (Å²) in [5.41, 5.74) is 0.907. The summed E-state index contributed by atoms with van der Waals surface area (Å²) in [5.74, 6) is -0.663. The molecule has 0 radical (unpaired) electrons. The van der Waals surface area contributed by atoms with Crippen molar-refractivity contribution in [2.24, 2.45) is 0 Å². The summed E-state index contributed by atoms with van der Waals surface area (Å²) in [6.07, 6.45) is 1.91. The van der Waals surface area contributed by atoms with Crippen LogP contribution in [0.5, 0.6) is 0 Å². The van der Waals surface area contributed by atoms with Crippen molar-refractivity contribution < 1.29 is 17.9 Å². The minimum absolute atomic E-state index is 0.0913. The quantitative estimate of drug-likeness (QED) is 0.547. The van der Waals surface area contributed by atoms with Gasteiger partial charge in [0.15, 0.2) is 0 Å². The van der Waals surface area contributed by atoms with Gasteiger partial charge in [0.05, 0.1) is 17.7 Å². The summed E-state index contributed by atoms with van der Waals surface area (Å²) in [7, 11) is -2.75. The van der Waals surface area contributed by atoms with Crippen molar-refractivity contribution in [1.29, 1.82) is 0 Å². The summed E-state index contributed by atoms with van der Waals surface area (Å²) >= 11 is 7.64. The minimum Gasteiger partial charge on any atom is -0.468 e. The molecule has 0 aliphatic carbocycles. The van der Waals surface area contributed by atoms with E-state index in [0.717, 1.165) is 9.20 Å². The summed E-state index contributed by atoms with van der Waals surface area (Å²) in [4.78, 5) is 12.8. The lowest BCUT2D eigenvalue weighted by Gasteiger charge is -2.25. The number of hydrogen-bond donors (Lipinski definition) is 0. The van der Waals surface area contributed by atoms with Crippen LogP contribution in [0.15, 0.2) is 52.3 Å². The van der Waals surface area contributed by atoms with Crippen molar-refractivity contribution in [2.45, 2.75) is 16.7 Å². The third-order valence-electron chi connectivity index (χ3n) is 3.66. The smallest absolute Gasteiger partial charge is 0.326 e. The molecule has 0 amide bonds. The van der Waals surface area contributed by atoms with Crippen LogP contribution in [0.1, 0.15) is 5.56 Å². The molecule has 0 saturated carbocycles. The molecule has 0 bridgehead atoms. The molecule has 0 unspecified atom stereocenters. The van der Waals surface area contributed by atoms with Crippen LogP contribution in [0.2, 0.25) is 5.02 Å². The zero-order valence-electron chi connectivity index (χ0n) is 14.0. The SMILES string of the molecule is COC(=O)CN(c1cccc(Cl)c1C)S(=O)(=O)c1ccc(SC)cc1. The number of rotatable bonds is 6. The number of carbonyl (C=O) groups excluding carboxylic acids is 1. The Morgan fingerprint density at radius 3 is 2.40 bits per heavy atom. The van der Waals surface area contributed by atoms with Gasteiger partial charge in [-0.3, -0.25) is 9.10 Å². The number of anilines is 1. The van der Waals surface area contributed by atoms with Gasteiger partial charge in [-0.15, -0.1) is 11.8 Å². The molecule has 0 spiro atoms. The second-order valence-electron chi connectivity index (χ2n) is 5.15. The number of methoxy groups -OCH3 is 1. The summed E-state index contributed by atoms with van der Waals surface area (Å²) in [6, 6.07) is 11.4. The van der Waals surface area contributed by atoms with E-state index in [1.807, 2.05) is 6.26 Å². The number of ether oxygens (including phenoxy) is 1. The van der Waals surface area contributed by atoms with E-state index in [4.69, 9.17) is 11.6 Å². The molecular formula is C17H18ClNO4S2. The first-order chi connectivity index (χ1) is 11.8. The number of benzene rings is 2. The highest BCUT2D eigenvalue weighted by atomic mass is 35.5. The Labute approximate surface area is 157 Å². The highest BCUT2D eigenvalue weighted by Gasteiger charge is 2.29. The van der Waals surface area contributed by atoms with Crippen molar-refractivity contribution in [1.82, 2.24) is 0 Å². The largest absolute Gasteiger partial charge is 0.468 e. The van der Waals surface area contributed by atoms with Gasteiger partial charge in [0.2, 0.25) is 0 Å². The summed E-state index contributed by atoms with van der Waals surface area (Å²) in [6.45, 7) is 1.26. The van der Waals surface area contributed by atoms with Gasteiger partial charge < -0.3 is 4.74 Å². The van der Waals surface area contributed by atoms with Gasteiger partial charge in [0.1, 0.15) is 6.54 Å². The van der Waals surface area contributed by atoms with Gasteiger partial charge >= 0.3 is 5.97 Å². The fourth-order valence-electron chi connectivity index (χ4n) is 2.22. The molecule has 2 aromatic carbocycles. The first kappa shape index (κ1) is 19.6. The van der Waals surface area contributed by atoms with Crippen LogP contribution in [-0.2, 0) is 19.6 Å². The Morgan fingerprint density at radius 1 is 1.20 bits per heavy atom. The Bertz CT molecular complexity index is 867. The molecule has 134 valence electrons. The van der Waals surface area contributed by atoms with Crippen LogP contribution in [-0.4, -0.2) is 34.3 Å². The highest BCUT2D eigenvalue weighted by Crippen LogP contribution is 2.31. The van der Waals surface area contributed by atoms with Gasteiger partial charge in [0.25, 0.3) is 10.0 Å². The molecule has 2 rings (SSSR count). The molecule has 0 saturated heterocycles. The third-order valence-corrected chi connectivity index (χ3v) is 6.58. The van der Waals surface area contributed by atoms with E-state index in [1.54, 1.807) is 37.3 Å². The van der Waals surface area contributed by atoms with Crippen molar-refractivity contribution in [2.75, 3.05) is 24.2 Å². The molecule has 0 heterocycles. The molecule has 0 aromatic heterocycles. The van der Waals surface area contributed by atoms with Crippen molar-refractivity contribution in [3.8, 4) is 0 Å². The number of halogens is 1. The standard InChI is InChI=1S/C17H18ClNO4S2/c1-12-15(18)5-4-6-16(12)19(11-17(20)23-2)25(21,22)14-9-7-13(24-3)8-10-14/h4-10H,11H2,1-3H3. The molecule has 0 aliphatic heterocycles. The van der Waals surface area contributed by atoms with Crippen molar-refractivity contribution >= 4 is 45.0 Å². The second kappa shape index (κ2) is 8.12. The number of esters is 1. The predicted molar refractivity (Wildman–Crippen MR) is 101 cm³/mol. The zero-order chi connectivity index (χ0) is 18.6. The molecule has 0 N–H and O–H groups in total. The molecule has 5 nitrogen and oxygen atoms in total. The van der Waals surface area contributed by atoms with Crippen LogP contribution in [0.4, 0.5) is 5.69 Å². The topological polar surface area (TPSA) is 63.7 Å². The molecule has 8 heteroatoms. The average molecular weight is 400 g/mol. The third kappa shape index (κ3) is 4.29. The molecule has 2 aromatic rings. The lowest BCUT2D eigenvalue weighted by Crippen LogP contribution is -2.36. The van der Waals surface area contributed by atoms with Crippen LogP contribution < -0.4 is 4.31 Å². The van der Waals surface area contributed by atoms with E-state index in [1.165, 1.54) is 31.0 Å². The maximum Gasteiger partial charge on any atom is 0.326 e. The van der Waals surface area contributed by atoms with Crippen LogP contribution in [0.3, 0.4) is 0 Å². The highest BCUT2D eigenvalue weighted by molar-refractivity contribution is 7.98. The Kier molecular flexibility index (Phi) is 6.37. The summed E-state index contributed by atoms with van der Waals surface area (Å²) in [5, 5.41) is 0.417. The Hall–Kier alpha value is -1.70. The lowest BCUT2D eigenvalue weighted by atomic mass is 10.2. The second-order valence-corrected chi connectivity index (χ2v) is 8.30. The first-order valence-electron chi connectivity index (χ1n) is 7.30. The Morgan fingerprint density at radius 2 is 1.84 bits per heavy atom. The van der Waals surface area contributed by atoms with E-state index in [9.17, 15) is 13.2 Å². The van der Waals surface area contributed by atoms with E-state index >= 15 is 0 Å². The fraction of sp³-hybridized carbons (Fsp3) is 0.235. The molecule has 25 heavy (non-hydrogen) atoms. The first-order valence-corrected chi connectivity index (χ1v) is 10.3. The number of sulfonamides is 1. The number of thioether (sulfide) groups is 1. The molecule has 0 aliphatic rings. The van der Waals surface area contributed by atoms with E-state index in [-0.39, 0.29) is 4.90 Å². The zero-order valence-corrected chi connectivity index (χ0v) is 16.4. The van der Waals surface area contributed by atoms with Gasteiger partial charge in [-0.1, -0.05) is 17.7 Å². The maximum atomic E-state index is 13.1. The monoisotopic (exact) mass is 399 g/mol. The van der Waals surface area contributed by atoms with Gasteiger partial charge in [0, 0.05) is 9.92 Å². The minimum atomic E-state index is -3.96. The van der Waals surface area contributed by atoms with Crippen LogP contribution >= 0.6 is 23.4 Å². The molecule has 0 atom stereocenters. The number of nitrogens with zero attached hydrogens (tertiary/aromatic N) is 1. The van der Waals surface area contributed by atoms with Crippen LogP contribution in [0.25, 0.3) is 0 Å². The molecular weight excluding hydrogens is 382 g/mol. The van der Waals surface area contributed by atoms with Crippen molar-refractivity contribution in [3.63, 3.8) is 0 Å². The van der Waals surface area contributed by atoms with E-state index < -0.39 is 22.5 Å². The number of carbonyl (C=O) groups is 1. The fourth-order valence-corrected chi connectivity index (χ4v) is 4.27. The molecule has 0 fully saturated rings. The number of hydrogen-bond acceptors (Lipinski definition) is 5. The van der Waals surface area contributed by atoms with Crippen molar-refractivity contribution in [3.05, 3.63) is 53.1 Å². The van der Waals surface area contributed by atoms with Gasteiger partial charge in [-0.25, -0.2) is 8.42 Å².